The minimum absolute atomic E-state index is 0.438. The fourth-order valence-corrected chi connectivity index (χ4v) is 1.83. The van der Waals surface area contributed by atoms with E-state index in [1.807, 2.05) is 0 Å². The lowest BCUT2D eigenvalue weighted by atomic mass is 10.1. The van der Waals surface area contributed by atoms with E-state index in [2.05, 4.69) is 31.1 Å². The van der Waals surface area contributed by atoms with E-state index in [-0.39, 0.29) is 0 Å². The topological polar surface area (TPSA) is 84.4 Å². The number of nitrogens with zero attached hydrogens (tertiary/aromatic N) is 1. The maximum Gasteiger partial charge on any atom is 0.248 e. The second kappa shape index (κ2) is 7.75. The van der Waals surface area contributed by atoms with E-state index in [1.54, 1.807) is 18.2 Å². The van der Waals surface area contributed by atoms with E-state index < -0.39 is 5.91 Å². The Hall–Kier alpha value is -1.75. The number of unbranched alkanes of at least 4 members (excludes halogenated alkanes) is 1. The Morgan fingerprint density at radius 3 is 2.65 bits per heavy atom. The summed E-state index contributed by atoms with van der Waals surface area (Å²) in [6.07, 6.45) is 2.17. The van der Waals surface area contributed by atoms with Crippen LogP contribution in [0, 0.1) is 0 Å². The molecule has 1 aromatic rings. The van der Waals surface area contributed by atoms with Gasteiger partial charge in [0.1, 0.15) is 0 Å². The molecule has 5 N–H and O–H groups in total. The summed E-state index contributed by atoms with van der Waals surface area (Å²) in [5.41, 5.74) is 13.0. The monoisotopic (exact) mass is 278 g/mol. The Bertz CT molecular complexity index is 445. The summed E-state index contributed by atoms with van der Waals surface area (Å²) >= 11 is 0. The molecular weight excluding hydrogens is 252 g/mol. The van der Waals surface area contributed by atoms with Crippen LogP contribution in [0.3, 0.4) is 0 Å². The zero-order chi connectivity index (χ0) is 15.1. The zero-order valence-corrected chi connectivity index (χ0v) is 12.6. The van der Waals surface area contributed by atoms with Crippen LogP contribution < -0.4 is 16.8 Å². The molecule has 0 bridgehead atoms. The number of amides is 1. The fourth-order valence-electron chi connectivity index (χ4n) is 1.83. The van der Waals surface area contributed by atoms with E-state index in [9.17, 15) is 4.79 Å². The highest BCUT2D eigenvalue weighted by atomic mass is 16.1. The quantitative estimate of drug-likeness (QED) is 0.501. The standard InChI is InChI=1S/C15H26N4O/c1-11(2)19(3)9-5-4-8-18-14-10-12(15(17)20)6-7-13(14)16/h6-7,10-11,18H,4-5,8-9,16H2,1-3H3,(H2,17,20). The maximum atomic E-state index is 11.1. The van der Waals surface area contributed by atoms with Gasteiger partial charge in [0.15, 0.2) is 0 Å². The third-order valence-electron chi connectivity index (χ3n) is 3.47. The molecule has 1 amide bonds. The van der Waals surface area contributed by atoms with E-state index in [0.29, 0.717) is 17.3 Å². The SMILES string of the molecule is CC(C)N(C)CCCCNc1cc(C(N)=O)ccc1N. The van der Waals surface area contributed by atoms with Crippen LogP contribution in [-0.2, 0) is 0 Å². The van der Waals surface area contributed by atoms with E-state index in [0.717, 1.165) is 31.6 Å². The molecule has 0 aliphatic rings. The molecular formula is C15H26N4O. The molecule has 5 nitrogen and oxygen atoms in total. The van der Waals surface area contributed by atoms with Crippen molar-refractivity contribution in [3.05, 3.63) is 23.8 Å². The van der Waals surface area contributed by atoms with Gasteiger partial charge in [0, 0.05) is 18.2 Å². The van der Waals surface area contributed by atoms with Gasteiger partial charge in [0.05, 0.1) is 11.4 Å². The third-order valence-corrected chi connectivity index (χ3v) is 3.47. The molecule has 0 radical (unpaired) electrons. The number of hydrogen-bond acceptors (Lipinski definition) is 4. The number of anilines is 2. The molecule has 0 saturated carbocycles. The highest BCUT2D eigenvalue weighted by molar-refractivity contribution is 5.94. The van der Waals surface area contributed by atoms with Crippen molar-refractivity contribution in [2.75, 3.05) is 31.2 Å². The van der Waals surface area contributed by atoms with E-state index in [1.165, 1.54) is 0 Å². The van der Waals surface area contributed by atoms with Gasteiger partial charge in [-0.05, 0) is 58.5 Å². The molecule has 1 aromatic carbocycles. The Morgan fingerprint density at radius 2 is 2.05 bits per heavy atom. The minimum Gasteiger partial charge on any atom is -0.397 e. The van der Waals surface area contributed by atoms with Crippen LogP contribution in [0.1, 0.15) is 37.0 Å². The smallest absolute Gasteiger partial charge is 0.248 e. The van der Waals surface area contributed by atoms with Gasteiger partial charge in [-0.1, -0.05) is 0 Å². The highest BCUT2D eigenvalue weighted by Crippen LogP contribution is 2.19. The van der Waals surface area contributed by atoms with Crippen molar-refractivity contribution >= 4 is 17.3 Å². The molecule has 0 aliphatic heterocycles. The van der Waals surface area contributed by atoms with Crippen molar-refractivity contribution in [1.82, 2.24) is 4.90 Å². The largest absolute Gasteiger partial charge is 0.397 e. The van der Waals surface area contributed by atoms with Crippen LogP contribution in [0.25, 0.3) is 0 Å². The number of carbonyl (C=O) groups excluding carboxylic acids is 1. The number of primary amides is 1. The molecule has 0 saturated heterocycles. The predicted molar refractivity (Wildman–Crippen MR) is 84.9 cm³/mol. The van der Waals surface area contributed by atoms with Gasteiger partial charge in [-0.2, -0.15) is 0 Å². The summed E-state index contributed by atoms with van der Waals surface area (Å²) in [7, 11) is 2.13. The van der Waals surface area contributed by atoms with Crippen LogP contribution in [0.2, 0.25) is 0 Å². The van der Waals surface area contributed by atoms with Crippen LogP contribution in [0.15, 0.2) is 18.2 Å². The summed E-state index contributed by atoms with van der Waals surface area (Å²) in [5.74, 6) is -0.438. The normalized spacial score (nSPS) is 11.1. The summed E-state index contributed by atoms with van der Waals surface area (Å²) in [4.78, 5) is 13.4. The van der Waals surface area contributed by atoms with Gasteiger partial charge in [0.25, 0.3) is 0 Å². The van der Waals surface area contributed by atoms with E-state index in [4.69, 9.17) is 11.5 Å². The molecule has 112 valence electrons. The number of benzene rings is 1. The average Bonchev–Trinajstić information content (AvgIpc) is 2.39. The van der Waals surface area contributed by atoms with Crippen molar-refractivity contribution < 1.29 is 4.79 Å². The van der Waals surface area contributed by atoms with Gasteiger partial charge in [0.2, 0.25) is 5.91 Å². The first-order valence-electron chi connectivity index (χ1n) is 7.05. The molecule has 1 rings (SSSR count). The van der Waals surface area contributed by atoms with Crippen molar-refractivity contribution in [3.63, 3.8) is 0 Å². The van der Waals surface area contributed by atoms with Gasteiger partial charge in [-0.25, -0.2) is 0 Å². The zero-order valence-electron chi connectivity index (χ0n) is 12.6. The first-order valence-corrected chi connectivity index (χ1v) is 7.05. The number of nitrogen functional groups attached to an aromatic ring is 1. The summed E-state index contributed by atoms with van der Waals surface area (Å²) in [6, 6.07) is 5.62. The van der Waals surface area contributed by atoms with Gasteiger partial charge >= 0.3 is 0 Å². The lowest BCUT2D eigenvalue weighted by Crippen LogP contribution is -2.27. The van der Waals surface area contributed by atoms with E-state index >= 15 is 0 Å². The number of rotatable bonds is 8. The Balaban J connectivity index is 2.38. The van der Waals surface area contributed by atoms with Crippen molar-refractivity contribution in [2.45, 2.75) is 32.7 Å². The summed E-state index contributed by atoms with van der Waals surface area (Å²) < 4.78 is 0. The lowest BCUT2D eigenvalue weighted by Gasteiger charge is -2.20. The number of carbonyl (C=O) groups is 1. The molecule has 0 spiro atoms. The van der Waals surface area contributed by atoms with Crippen LogP contribution in [-0.4, -0.2) is 37.0 Å². The Labute approximate surface area is 121 Å². The number of nitrogens with one attached hydrogen (secondary N) is 1. The molecule has 0 aliphatic carbocycles. The van der Waals surface area contributed by atoms with Gasteiger partial charge in [-0.15, -0.1) is 0 Å². The second-order valence-corrected chi connectivity index (χ2v) is 5.37. The first kappa shape index (κ1) is 16.3. The Morgan fingerprint density at radius 1 is 1.35 bits per heavy atom. The van der Waals surface area contributed by atoms with Crippen molar-refractivity contribution in [1.29, 1.82) is 0 Å². The minimum atomic E-state index is -0.438. The van der Waals surface area contributed by atoms with Crippen LogP contribution in [0.4, 0.5) is 11.4 Å². The predicted octanol–water partition coefficient (Wildman–Crippen LogP) is 1.90. The van der Waals surface area contributed by atoms with Crippen LogP contribution in [0.5, 0.6) is 0 Å². The fraction of sp³-hybridized carbons (Fsp3) is 0.533. The molecule has 0 fully saturated rings. The number of nitrogens with two attached hydrogens (primary N) is 2. The van der Waals surface area contributed by atoms with Crippen LogP contribution >= 0.6 is 0 Å². The van der Waals surface area contributed by atoms with Crippen molar-refractivity contribution in [3.8, 4) is 0 Å². The molecule has 0 atom stereocenters. The van der Waals surface area contributed by atoms with Gasteiger partial charge < -0.3 is 21.7 Å². The second-order valence-electron chi connectivity index (χ2n) is 5.37. The van der Waals surface area contributed by atoms with Crippen molar-refractivity contribution in [2.24, 2.45) is 5.73 Å². The first-order chi connectivity index (χ1) is 9.41. The maximum absolute atomic E-state index is 11.1. The van der Waals surface area contributed by atoms with Gasteiger partial charge in [-0.3, -0.25) is 4.79 Å². The summed E-state index contributed by atoms with van der Waals surface area (Å²) in [5, 5.41) is 3.26. The lowest BCUT2D eigenvalue weighted by molar-refractivity contribution is 0.100. The molecule has 0 aromatic heterocycles. The molecule has 20 heavy (non-hydrogen) atoms. The average molecular weight is 278 g/mol. The highest BCUT2D eigenvalue weighted by Gasteiger charge is 2.05. The number of hydrogen-bond donors (Lipinski definition) is 3. The third kappa shape index (κ3) is 5.09. The molecule has 0 heterocycles. The summed E-state index contributed by atoms with van der Waals surface area (Å²) in [6.45, 7) is 6.29. The Kier molecular flexibility index (Phi) is 6.31. The molecule has 5 heteroatoms. The molecule has 0 unspecified atom stereocenters.